The third-order valence-electron chi connectivity index (χ3n) is 1.67. The molecule has 0 heterocycles. The second-order valence-corrected chi connectivity index (χ2v) is 2.58. The quantitative estimate of drug-likeness (QED) is 0.592. The SMILES string of the molecule is CNNC(C(=O)O)c1ccccc1. The van der Waals surface area contributed by atoms with Crippen molar-refractivity contribution in [1.82, 2.24) is 10.9 Å². The lowest BCUT2D eigenvalue weighted by Gasteiger charge is -2.13. The predicted octanol–water partition coefficient (Wildman–Crippen LogP) is 0.536. The van der Waals surface area contributed by atoms with Crippen LogP contribution in [0.3, 0.4) is 0 Å². The molecule has 1 unspecified atom stereocenters. The maximum Gasteiger partial charge on any atom is 0.326 e. The average Bonchev–Trinajstić information content (AvgIpc) is 2.15. The van der Waals surface area contributed by atoms with E-state index in [-0.39, 0.29) is 0 Å². The summed E-state index contributed by atoms with van der Waals surface area (Å²) in [5.74, 6) is -0.902. The van der Waals surface area contributed by atoms with Gasteiger partial charge < -0.3 is 5.11 Å². The van der Waals surface area contributed by atoms with Crippen molar-refractivity contribution in [3.63, 3.8) is 0 Å². The Kier molecular flexibility index (Phi) is 3.42. The summed E-state index contributed by atoms with van der Waals surface area (Å²) in [6, 6.07) is 8.30. The van der Waals surface area contributed by atoms with Crippen molar-refractivity contribution >= 4 is 5.97 Å². The molecule has 1 atom stereocenters. The van der Waals surface area contributed by atoms with E-state index in [0.717, 1.165) is 5.56 Å². The summed E-state index contributed by atoms with van der Waals surface area (Å²) in [7, 11) is 1.64. The summed E-state index contributed by atoms with van der Waals surface area (Å²) >= 11 is 0. The van der Waals surface area contributed by atoms with Gasteiger partial charge in [-0.3, -0.25) is 10.2 Å². The van der Waals surface area contributed by atoms with E-state index in [9.17, 15) is 4.79 Å². The van der Waals surface area contributed by atoms with Crippen LogP contribution >= 0.6 is 0 Å². The van der Waals surface area contributed by atoms with Gasteiger partial charge in [0.25, 0.3) is 0 Å². The zero-order valence-electron chi connectivity index (χ0n) is 7.32. The molecule has 0 amide bonds. The number of aliphatic carboxylic acids is 1. The first kappa shape index (κ1) is 9.70. The molecule has 0 spiro atoms. The molecule has 0 saturated heterocycles. The highest BCUT2D eigenvalue weighted by Crippen LogP contribution is 2.10. The molecule has 1 rings (SSSR count). The molecular weight excluding hydrogens is 168 g/mol. The molecule has 4 nitrogen and oxygen atoms in total. The Morgan fingerprint density at radius 1 is 1.38 bits per heavy atom. The molecule has 4 heteroatoms. The van der Waals surface area contributed by atoms with E-state index in [1.54, 1.807) is 19.2 Å². The second-order valence-electron chi connectivity index (χ2n) is 2.58. The van der Waals surface area contributed by atoms with Crippen molar-refractivity contribution in [1.29, 1.82) is 0 Å². The van der Waals surface area contributed by atoms with Crippen molar-refractivity contribution < 1.29 is 9.90 Å². The van der Waals surface area contributed by atoms with Crippen molar-refractivity contribution in [3.05, 3.63) is 35.9 Å². The lowest BCUT2D eigenvalue weighted by Crippen LogP contribution is -2.36. The second kappa shape index (κ2) is 4.59. The van der Waals surface area contributed by atoms with Gasteiger partial charge in [0.2, 0.25) is 0 Å². The Bertz CT molecular complexity index is 274. The maximum atomic E-state index is 10.8. The predicted molar refractivity (Wildman–Crippen MR) is 49.0 cm³/mol. The maximum absolute atomic E-state index is 10.8. The highest BCUT2D eigenvalue weighted by atomic mass is 16.4. The Balaban J connectivity index is 2.82. The van der Waals surface area contributed by atoms with Gasteiger partial charge in [-0.15, -0.1) is 0 Å². The normalized spacial score (nSPS) is 12.4. The monoisotopic (exact) mass is 180 g/mol. The first-order valence-electron chi connectivity index (χ1n) is 3.95. The van der Waals surface area contributed by atoms with E-state index in [2.05, 4.69) is 10.9 Å². The van der Waals surface area contributed by atoms with Crippen molar-refractivity contribution in [3.8, 4) is 0 Å². The molecule has 0 aliphatic heterocycles. The number of hydrogen-bond donors (Lipinski definition) is 3. The fourth-order valence-corrected chi connectivity index (χ4v) is 1.08. The fraction of sp³-hybridized carbons (Fsp3) is 0.222. The molecule has 0 aliphatic rings. The number of benzene rings is 1. The Hall–Kier alpha value is -1.39. The average molecular weight is 180 g/mol. The van der Waals surface area contributed by atoms with Crippen LogP contribution in [0.25, 0.3) is 0 Å². The molecule has 1 aromatic carbocycles. The van der Waals surface area contributed by atoms with E-state index in [0.29, 0.717) is 0 Å². The molecule has 0 aromatic heterocycles. The lowest BCUT2D eigenvalue weighted by atomic mass is 10.1. The third kappa shape index (κ3) is 2.54. The molecule has 3 N–H and O–H groups in total. The van der Waals surface area contributed by atoms with Crippen molar-refractivity contribution in [2.75, 3.05) is 7.05 Å². The van der Waals surface area contributed by atoms with E-state index in [1.807, 2.05) is 18.2 Å². The Morgan fingerprint density at radius 2 is 2.00 bits per heavy atom. The highest BCUT2D eigenvalue weighted by Gasteiger charge is 2.17. The zero-order valence-corrected chi connectivity index (χ0v) is 7.32. The van der Waals surface area contributed by atoms with Crippen LogP contribution in [0.5, 0.6) is 0 Å². The van der Waals surface area contributed by atoms with Crippen LogP contribution in [0, 0.1) is 0 Å². The number of hydrogen-bond acceptors (Lipinski definition) is 3. The van der Waals surface area contributed by atoms with Crippen LogP contribution in [0.1, 0.15) is 11.6 Å². The summed E-state index contributed by atoms with van der Waals surface area (Å²) in [4.78, 5) is 10.8. The van der Waals surface area contributed by atoms with E-state index >= 15 is 0 Å². The van der Waals surface area contributed by atoms with Crippen LogP contribution in [0.4, 0.5) is 0 Å². The first-order chi connectivity index (χ1) is 6.25. The van der Waals surface area contributed by atoms with Crippen LogP contribution in [0.15, 0.2) is 30.3 Å². The van der Waals surface area contributed by atoms with E-state index in [4.69, 9.17) is 5.11 Å². The minimum Gasteiger partial charge on any atom is -0.480 e. The number of nitrogens with one attached hydrogen (secondary N) is 2. The summed E-state index contributed by atoms with van der Waals surface area (Å²) in [5.41, 5.74) is 5.99. The number of carbonyl (C=O) groups is 1. The van der Waals surface area contributed by atoms with Crippen LogP contribution in [0.2, 0.25) is 0 Å². The van der Waals surface area contributed by atoms with Gasteiger partial charge in [-0.1, -0.05) is 30.3 Å². The summed E-state index contributed by atoms with van der Waals surface area (Å²) in [5, 5.41) is 8.86. The smallest absolute Gasteiger partial charge is 0.326 e. The molecule has 0 bridgehead atoms. The van der Waals surface area contributed by atoms with Gasteiger partial charge in [-0.2, -0.15) is 0 Å². The Morgan fingerprint density at radius 3 is 2.46 bits per heavy atom. The van der Waals surface area contributed by atoms with E-state index in [1.165, 1.54) is 0 Å². The highest BCUT2D eigenvalue weighted by molar-refractivity contribution is 5.75. The van der Waals surface area contributed by atoms with Crippen LogP contribution in [-0.4, -0.2) is 18.1 Å². The number of carboxylic acids is 1. The standard InChI is InChI=1S/C9H12N2O2/c1-10-11-8(9(12)13)7-5-3-2-4-6-7/h2-6,8,10-11H,1H3,(H,12,13). The van der Waals surface area contributed by atoms with Gasteiger partial charge in [0.15, 0.2) is 0 Å². The van der Waals surface area contributed by atoms with Crippen LogP contribution < -0.4 is 10.9 Å². The molecule has 1 aromatic rings. The van der Waals surface area contributed by atoms with Gasteiger partial charge >= 0.3 is 5.97 Å². The summed E-state index contributed by atoms with van der Waals surface area (Å²) in [6.07, 6.45) is 0. The van der Waals surface area contributed by atoms with Crippen molar-refractivity contribution in [2.24, 2.45) is 0 Å². The third-order valence-corrected chi connectivity index (χ3v) is 1.67. The molecule has 13 heavy (non-hydrogen) atoms. The summed E-state index contributed by atoms with van der Waals surface area (Å²) < 4.78 is 0. The topological polar surface area (TPSA) is 61.4 Å². The molecule has 0 fully saturated rings. The van der Waals surface area contributed by atoms with Crippen molar-refractivity contribution in [2.45, 2.75) is 6.04 Å². The number of hydrazine groups is 1. The molecular formula is C9H12N2O2. The summed E-state index contributed by atoms with van der Waals surface area (Å²) in [6.45, 7) is 0. The minimum atomic E-state index is -0.902. The Labute approximate surface area is 76.6 Å². The van der Waals surface area contributed by atoms with Gasteiger partial charge in [-0.25, -0.2) is 5.43 Å². The van der Waals surface area contributed by atoms with Gasteiger partial charge in [0, 0.05) is 0 Å². The fourth-order valence-electron chi connectivity index (χ4n) is 1.08. The molecule has 70 valence electrons. The van der Waals surface area contributed by atoms with Crippen LogP contribution in [-0.2, 0) is 4.79 Å². The minimum absolute atomic E-state index is 0.703. The zero-order chi connectivity index (χ0) is 9.68. The molecule has 0 saturated carbocycles. The number of rotatable bonds is 4. The van der Waals surface area contributed by atoms with Gasteiger partial charge in [0.05, 0.1) is 0 Å². The van der Waals surface area contributed by atoms with Gasteiger partial charge in [-0.05, 0) is 12.6 Å². The number of carboxylic acid groups (broad SMARTS) is 1. The molecule has 0 aliphatic carbocycles. The van der Waals surface area contributed by atoms with E-state index < -0.39 is 12.0 Å². The first-order valence-corrected chi connectivity index (χ1v) is 3.95. The largest absolute Gasteiger partial charge is 0.480 e. The lowest BCUT2D eigenvalue weighted by molar-refractivity contribution is -0.139. The van der Waals surface area contributed by atoms with Gasteiger partial charge in [0.1, 0.15) is 6.04 Å². The molecule has 0 radical (unpaired) electrons.